The van der Waals surface area contributed by atoms with Crippen LogP contribution in [0.25, 0.3) is 5.69 Å². The molecule has 1 heterocycles. The molecule has 9 heteroatoms. The lowest BCUT2D eigenvalue weighted by Gasteiger charge is -2.20. The lowest BCUT2D eigenvalue weighted by Crippen LogP contribution is -2.30. The molecule has 3 aromatic rings. The quantitative estimate of drug-likeness (QED) is 0.409. The third-order valence-electron chi connectivity index (χ3n) is 5.77. The average Bonchev–Trinajstić information content (AvgIpc) is 3.33. The summed E-state index contributed by atoms with van der Waals surface area (Å²) in [5, 5.41) is 21.4. The highest BCUT2D eigenvalue weighted by Crippen LogP contribution is 2.26. The lowest BCUT2D eigenvalue weighted by atomic mass is 10.0. The number of nitriles is 1. The number of nitrogens with zero attached hydrogens (tertiary/aromatic N) is 4. The van der Waals surface area contributed by atoms with Gasteiger partial charge in [-0.2, -0.15) is 5.26 Å². The molecule has 1 aliphatic carbocycles. The van der Waals surface area contributed by atoms with Crippen LogP contribution >= 0.6 is 11.8 Å². The fourth-order valence-corrected chi connectivity index (χ4v) is 4.78. The van der Waals surface area contributed by atoms with Gasteiger partial charge < -0.3 is 10.1 Å². The molecular weight excluding hydrogens is 477 g/mol. The van der Waals surface area contributed by atoms with Crippen LogP contribution in [-0.2, 0) is 21.7 Å². The monoisotopic (exact) mass is 503 g/mol. The summed E-state index contributed by atoms with van der Waals surface area (Å²) in [7, 11) is 1.66. The maximum absolute atomic E-state index is 13.6. The molecule has 0 saturated heterocycles. The second-order valence-electron chi connectivity index (χ2n) is 8.22. The zero-order chi connectivity index (χ0) is 25.3. The van der Waals surface area contributed by atoms with Crippen molar-refractivity contribution in [1.82, 2.24) is 20.1 Å². The number of aryl methyl sites for hydroxylation is 1. The van der Waals surface area contributed by atoms with Crippen LogP contribution in [0.2, 0.25) is 0 Å². The first-order chi connectivity index (χ1) is 17.6. The number of carbonyl (C=O) groups is 1. The summed E-state index contributed by atoms with van der Waals surface area (Å²) in [5.74, 6) is 0.757. The second-order valence-corrected chi connectivity index (χ2v) is 9.16. The number of thioether (sulfide) groups is 1. The van der Waals surface area contributed by atoms with E-state index in [0.717, 1.165) is 17.6 Å². The van der Waals surface area contributed by atoms with Crippen molar-refractivity contribution in [2.45, 2.75) is 36.3 Å². The van der Waals surface area contributed by atoms with Gasteiger partial charge in [0.05, 0.1) is 17.7 Å². The minimum atomic E-state index is -0.337. The van der Waals surface area contributed by atoms with Gasteiger partial charge in [0, 0.05) is 37.9 Å². The van der Waals surface area contributed by atoms with Gasteiger partial charge in [-0.15, -0.1) is 10.2 Å². The number of hydrogen-bond acceptors (Lipinski definition) is 6. The van der Waals surface area contributed by atoms with Gasteiger partial charge in [0.15, 0.2) is 5.16 Å². The Morgan fingerprint density at radius 2 is 2.11 bits per heavy atom. The molecule has 1 aromatic heterocycles. The molecule has 1 unspecified atom stereocenters. The van der Waals surface area contributed by atoms with Crippen LogP contribution < -0.4 is 5.32 Å². The predicted molar refractivity (Wildman–Crippen MR) is 136 cm³/mol. The van der Waals surface area contributed by atoms with Gasteiger partial charge in [0.2, 0.25) is 5.91 Å². The third kappa shape index (κ3) is 6.47. The normalized spacial score (nSPS) is 14.8. The van der Waals surface area contributed by atoms with Crippen molar-refractivity contribution in [3.8, 4) is 11.8 Å². The van der Waals surface area contributed by atoms with Crippen LogP contribution in [0.3, 0.4) is 0 Å². The summed E-state index contributed by atoms with van der Waals surface area (Å²) in [6.45, 7) is 0.426. The van der Waals surface area contributed by atoms with Crippen molar-refractivity contribution >= 4 is 17.7 Å². The van der Waals surface area contributed by atoms with E-state index >= 15 is 0 Å². The zero-order valence-corrected chi connectivity index (χ0v) is 20.7. The van der Waals surface area contributed by atoms with E-state index in [0.29, 0.717) is 41.0 Å². The molecule has 36 heavy (non-hydrogen) atoms. The average molecular weight is 504 g/mol. The number of aromatic nitrogens is 3. The Morgan fingerprint density at radius 3 is 2.89 bits per heavy atom. The van der Waals surface area contributed by atoms with E-state index in [2.05, 4.69) is 21.6 Å². The minimum Gasteiger partial charge on any atom is -0.377 e. The van der Waals surface area contributed by atoms with Gasteiger partial charge in [-0.25, -0.2) is 4.39 Å². The molecule has 1 atom stereocenters. The Morgan fingerprint density at radius 1 is 1.28 bits per heavy atom. The van der Waals surface area contributed by atoms with Crippen molar-refractivity contribution in [3.63, 3.8) is 0 Å². The first-order valence-corrected chi connectivity index (χ1v) is 12.5. The van der Waals surface area contributed by atoms with E-state index in [-0.39, 0.29) is 24.2 Å². The highest BCUT2D eigenvalue weighted by atomic mass is 32.2. The van der Waals surface area contributed by atoms with Crippen LogP contribution in [0.5, 0.6) is 0 Å². The number of methoxy groups -OCH3 is 1. The highest BCUT2D eigenvalue weighted by Gasteiger charge is 2.18. The lowest BCUT2D eigenvalue weighted by molar-refractivity contribution is -0.120. The van der Waals surface area contributed by atoms with Crippen molar-refractivity contribution in [2.75, 3.05) is 13.7 Å². The fourth-order valence-electron chi connectivity index (χ4n) is 3.87. The smallest absolute Gasteiger partial charge is 0.220 e. The summed E-state index contributed by atoms with van der Waals surface area (Å²) >= 11 is 1.46. The van der Waals surface area contributed by atoms with Gasteiger partial charge in [0.1, 0.15) is 11.6 Å². The third-order valence-corrected chi connectivity index (χ3v) is 6.77. The van der Waals surface area contributed by atoms with Crippen molar-refractivity contribution in [3.05, 3.63) is 95.1 Å². The first-order valence-electron chi connectivity index (χ1n) is 11.5. The predicted octanol–water partition coefficient (Wildman–Crippen LogP) is 4.52. The number of allylic oxidation sites excluding steroid dienone is 2. The van der Waals surface area contributed by atoms with Crippen LogP contribution in [0.4, 0.5) is 4.39 Å². The largest absolute Gasteiger partial charge is 0.377 e. The van der Waals surface area contributed by atoms with Gasteiger partial charge in [-0.3, -0.25) is 9.36 Å². The number of halogens is 1. The van der Waals surface area contributed by atoms with Gasteiger partial charge in [0.25, 0.3) is 0 Å². The molecule has 1 aliphatic rings. The number of nitrogens with one attached hydrogen (secondary N) is 1. The van der Waals surface area contributed by atoms with Crippen molar-refractivity contribution < 1.29 is 13.9 Å². The van der Waals surface area contributed by atoms with E-state index in [1.165, 1.54) is 23.9 Å². The Balaban J connectivity index is 1.45. The minimum absolute atomic E-state index is 0.0229. The van der Waals surface area contributed by atoms with E-state index in [1.807, 2.05) is 41.0 Å². The number of amides is 1. The van der Waals surface area contributed by atoms with Crippen LogP contribution in [0, 0.1) is 17.1 Å². The standard InChI is InChI=1S/C27H26FN5O2S/c1-35-24-8-3-2-7-21(24)17-30-26(34)14-13-25-31-32-27(33(25)23-11-9-22(28)10-12-23)36-18-20-6-4-5-19(15-20)16-29/h2-7,9-12,15,24H,8,13-14,17-18H2,1H3,(H,30,34). The maximum atomic E-state index is 13.6. The number of hydrogen-bond donors (Lipinski definition) is 1. The topological polar surface area (TPSA) is 92.8 Å². The summed E-state index contributed by atoms with van der Waals surface area (Å²) in [5.41, 5.74) is 3.32. The molecule has 2 aromatic carbocycles. The van der Waals surface area contributed by atoms with Crippen LogP contribution in [-0.4, -0.2) is 40.4 Å². The summed E-state index contributed by atoms with van der Waals surface area (Å²) in [6.07, 6.45) is 7.35. The molecule has 0 fully saturated rings. The summed E-state index contributed by atoms with van der Waals surface area (Å²) in [6, 6.07) is 15.6. The Hall–Kier alpha value is -3.74. The zero-order valence-electron chi connectivity index (χ0n) is 19.9. The Labute approximate surface area is 213 Å². The molecule has 0 bridgehead atoms. The maximum Gasteiger partial charge on any atom is 0.220 e. The molecule has 0 saturated carbocycles. The molecule has 0 aliphatic heterocycles. The SMILES string of the molecule is COC1CC=CC=C1CNC(=O)CCc1nnc(SCc2cccc(C#N)c2)n1-c1ccc(F)cc1. The Bertz CT molecular complexity index is 1310. The van der Waals surface area contributed by atoms with E-state index in [1.54, 1.807) is 25.3 Å². The van der Waals surface area contributed by atoms with Gasteiger partial charge >= 0.3 is 0 Å². The first kappa shape index (κ1) is 25.4. The second kappa shape index (κ2) is 12.3. The van der Waals surface area contributed by atoms with E-state index in [9.17, 15) is 9.18 Å². The van der Waals surface area contributed by atoms with Gasteiger partial charge in [-0.05, 0) is 54.0 Å². The van der Waals surface area contributed by atoms with Gasteiger partial charge in [-0.1, -0.05) is 42.1 Å². The molecule has 7 nitrogen and oxygen atoms in total. The molecule has 1 amide bonds. The molecular formula is C27H26FN5O2S. The fraction of sp³-hybridized carbons (Fsp3) is 0.259. The molecule has 1 N–H and O–H groups in total. The molecule has 184 valence electrons. The molecule has 0 spiro atoms. The summed E-state index contributed by atoms with van der Waals surface area (Å²) < 4.78 is 20.9. The Kier molecular flexibility index (Phi) is 8.66. The summed E-state index contributed by atoms with van der Waals surface area (Å²) in [4.78, 5) is 12.6. The number of benzene rings is 2. The van der Waals surface area contributed by atoms with Crippen LogP contribution in [0.15, 0.2) is 77.5 Å². The number of ether oxygens (including phenoxy) is 1. The number of carbonyl (C=O) groups excluding carboxylic acids is 1. The molecule has 4 rings (SSSR count). The molecule has 0 radical (unpaired) electrons. The van der Waals surface area contributed by atoms with Crippen molar-refractivity contribution in [2.24, 2.45) is 0 Å². The van der Waals surface area contributed by atoms with Crippen LogP contribution in [0.1, 0.15) is 29.8 Å². The number of rotatable bonds is 10. The van der Waals surface area contributed by atoms with Crippen molar-refractivity contribution in [1.29, 1.82) is 5.26 Å². The van der Waals surface area contributed by atoms with E-state index in [4.69, 9.17) is 10.00 Å². The highest BCUT2D eigenvalue weighted by molar-refractivity contribution is 7.98. The van der Waals surface area contributed by atoms with E-state index < -0.39 is 0 Å².